The van der Waals surface area contributed by atoms with Crippen molar-refractivity contribution in [2.24, 2.45) is 0 Å². The zero-order valence-electron chi connectivity index (χ0n) is 65.6. The number of hydrogen-bond acceptors (Lipinski definition) is 18. The van der Waals surface area contributed by atoms with Crippen LogP contribution in [0.15, 0.2) is 109 Å². The van der Waals surface area contributed by atoms with Crippen LogP contribution in [-0.2, 0) is 33.2 Å². The highest BCUT2D eigenvalue weighted by Gasteiger charge is 2.54. The Morgan fingerprint density at radius 1 is 0.349 bits per heavy atom. The van der Waals surface area contributed by atoms with E-state index in [2.05, 4.69) is 116 Å². The number of carbonyl (C=O) groups excluding carboxylic acids is 1. The minimum atomic E-state index is -1.99. The third-order valence-corrected chi connectivity index (χ3v) is 20.3. The number of ether oxygens (including phenoxy) is 6. The number of aliphatic hydroxyl groups is 11. The van der Waals surface area contributed by atoms with Crippen molar-refractivity contribution in [1.82, 2.24) is 5.32 Å². The quantitative estimate of drug-likeness (QED) is 0.0199. The van der Waals surface area contributed by atoms with Crippen molar-refractivity contribution in [3.8, 4) is 0 Å². The lowest BCUT2D eigenvalue weighted by Crippen LogP contribution is -2.66. The van der Waals surface area contributed by atoms with Crippen LogP contribution in [0.1, 0.15) is 303 Å². The molecule has 0 aromatic rings. The predicted molar refractivity (Wildman–Crippen MR) is 424 cm³/mol. The van der Waals surface area contributed by atoms with Crippen molar-refractivity contribution in [2.75, 3.05) is 26.4 Å². The van der Waals surface area contributed by atoms with Gasteiger partial charge < -0.3 is 89.9 Å². The molecule has 1 amide bonds. The van der Waals surface area contributed by atoms with Gasteiger partial charge in [-0.05, 0) is 89.9 Å². The molecule has 19 nitrogen and oxygen atoms in total. The Labute approximate surface area is 640 Å². The molecule has 3 aliphatic heterocycles. The van der Waals surface area contributed by atoms with E-state index >= 15 is 0 Å². The van der Waals surface area contributed by atoms with E-state index in [0.717, 1.165) is 96.3 Å². The molecule has 0 spiro atoms. The van der Waals surface area contributed by atoms with Gasteiger partial charge in [0.1, 0.15) is 73.2 Å². The molecule has 106 heavy (non-hydrogen) atoms. The number of carbonyl (C=O) groups is 1. The number of aliphatic hydroxyl groups excluding tert-OH is 11. The Hall–Kier alpha value is -3.55. The maximum atomic E-state index is 13.5. The molecule has 0 aromatic carbocycles. The van der Waals surface area contributed by atoms with Crippen LogP contribution in [0.5, 0.6) is 0 Å². The minimum absolute atomic E-state index is 0.228. The van der Waals surface area contributed by atoms with Gasteiger partial charge in [-0.1, -0.05) is 316 Å². The maximum Gasteiger partial charge on any atom is 0.220 e. The molecule has 3 rings (SSSR count). The summed E-state index contributed by atoms with van der Waals surface area (Å²) in [4.78, 5) is 13.5. The lowest BCUT2D eigenvalue weighted by Gasteiger charge is -2.48. The molecule has 0 aliphatic carbocycles. The zero-order valence-corrected chi connectivity index (χ0v) is 65.6. The van der Waals surface area contributed by atoms with E-state index in [0.29, 0.717) is 12.8 Å². The zero-order chi connectivity index (χ0) is 76.7. The Kier molecular flexibility index (Phi) is 60.3. The molecular weight excluding hydrogens is 1350 g/mol. The lowest BCUT2D eigenvalue weighted by molar-refractivity contribution is -0.379. The summed E-state index contributed by atoms with van der Waals surface area (Å²) in [6.45, 7) is 1.63. The van der Waals surface area contributed by atoms with Crippen LogP contribution in [0.3, 0.4) is 0 Å². The summed E-state index contributed by atoms with van der Waals surface area (Å²) in [5, 5.41) is 121. The van der Waals surface area contributed by atoms with Crippen molar-refractivity contribution in [3.05, 3.63) is 109 Å². The summed E-state index contributed by atoms with van der Waals surface area (Å²) in [6.07, 6.45) is 65.0. The molecule has 3 aliphatic rings. The molecule has 0 aromatic heterocycles. The third-order valence-electron chi connectivity index (χ3n) is 20.3. The first kappa shape index (κ1) is 96.6. The van der Waals surface area contributed by atoms with Crippen molar-refractivity contribution < 1.29 is 89.4 Å². The number of allylic oxidation sites excluding steroid dienone is 17. The second-order valence-corrected chi connectivity index (χ2v) is 29.6. The lowest BCUT2D eigenvalue weighted by atomic mass is 9.96. The summed E-state index contributed by atoms with van der Waals surface area (Å²) < 4.78 is 34.5. The van der Waals surface area contributed by atoms with Gasteiger partial charge in [0.2, 0.25) is 5.91 Å². The Balaban J connectivity index is 1.37. The van der Waals surface area contributed by atoms with E-state index in [1.807, 2.05) is 6.08 Å². The number of hydrogen-bond donors (Lipinski definition) is 12. The van der Waals surface area contributed by atoms with Gasteiger partial charge in [0.15, 0.2) is 18.9 Å². The SMILES string of the molecule is CC/C=C\C/C=C\C/C=C\C/C=C\C/C=C\C/C=C\C/C=C\CCCCCCCCCCCCCCCC(=O)NC(COC1OC(CO)C(OC2OC(CO)C(OC3OC(CO)C(O)C(O)C3O)C(O)C2O)C(O)C1O)C(O)/C=C/CC/C=C/CCCCCCCCCCCCCCCCCCCCCC. The molecule has 3 saturated heterocycles. The first-order valence-corrected chi connectivity index (χ1v) is 42.1. The van der Waals surface area contributed by atoms with Crippen LogP contribution in [0, 0.1) is 0 Å². The van der Waals surface area contributed by atoms with E-state index in [1.54, 1.807) is 6.08 Å². The van der Waals surface area contributed by atoms with Crippen molar-refractivity contribution in [3.63, 3.8) is 0 Å². The number of rotatable bonds is 66. The van der Waals surface area contributed by atoms with Gasteiger partial charge in [0.05, 0.1) is 38.6 Å². The molecule has 612 valence electrons. The molecule has 0 bridgehead atoms. The van der Waals surface area contributed by atoms with Crippen molar-refractivity contribution in [2.45, 2.75) is 407 Å². The summed E-state index contributed by atoms with van der Waals surface area (Å²) in [5.74, 6) is -0.288. The monoisotopic (exact) mass is 1500 g/mol. The fourth-order valence-electron chi connectivity index (χ4n) is 13.6. The average molecular weight is 1500 g/mol. The highest BCUT2D eigenvalue weighted by molar-refractivity contribution is 5.76. The van der Waals surface area contributed by atoms with Crippen LogP contribution in [0.2, 0.25) is 0 Å². The van der Waals surface area contributed by atoms with Gasteiger partial charge in [0, 0.05) is 6.42 Å². The molecule has 0 radical (unpaired) electrons. The maximum absolute atomic E-state index is 13.5. The van der Waals surface area contributed by atoms with Crippen LogP contribution in [0.4, 0.5) is 0 Å². The standard InChI is InChI=1S/C87H151NO18/c1-3-5-7-9-11-13-15-17-19-21-23-25-27-29-31-32-33-34-35-36-37-38-39-41-43-45-47-49-51-53-55-57-59-61-63-65-75(93)88-70(71(92)64-62-60-58-56-54-52-50-48-46-44-42-40-30-28-26-24-22-20-18-16-14-12-10-8-6-4-2)69-101-85-81(99)78(96)83(73(67-90)103-85)106-87-82(100)79(97)84(74(68-91)104-87)105-86-80(98)77(95)76(94)72(66-89)102-86/h5,7,11,13,17,19,23,25,29,31,33-34,36-37,54,56,62,64,70-74,76-87,89-92,94-100H,3-4,6,8-10,12,14-16,18,20-22,24,26-28,30,32,35,38-53,55,57-61,63,65-69H2,1-2H3,(H,88,93)/b7-5-,13-11-,19-17-,25-23-,31-29-,34-33-,37-36-,56-54+,64-62+. The fraction of sp³-hybridized carbons (Fsp3) is 0.782. The van der Waals surface area contributed by atoms with E-state index in [4.69, 9.17) is 28.4 Å². The highest BCUT2D eigenvalue weighted by Crippen LogP contribution is 2.33. The predicted octanol–water partition coefficient (Wildman–Crippen LogP) is 14.9. The number of amides is 1. The molecule has 12 N–H and O–H groups in total. The Morgan fingerprint density at radius 2 is 0.660 bits per heavy atom. The second-order valence-electron chi connectivity index (χ2n) is 29.6. The summed E-state index contributed by atoms with van der Waals surface area (Å²) in [7, 11) is 0. The smallest absolute Gasteiger partial charge is 0.220 e. The molecule has 19 heteroatoms. The number of unbranched alkanes of at least 4 members (excludes halogenated alkanes) is 34. The van der Waals surface area contributed by atoms with E-state index in [-0.39, 0.29) is 18.9 Å². The van der Waals surface area contributed by atoms with Crippen LogP contribution >= 0.6 is 0 Å². The van der Waals surface area contributed by atoms with Crippen LogP contribution in [-0.4, -0.2) is 193 Å². The molecular formula is C87H151NO18. The van der Waals surface area contributed by atoms with Gasteiger partial charge >= 0.3 is 0 Å². The molecule has 17 atom stereocenters. The second kappa shape index (κ2) is 66.1. The first-order valence-electron chi connectivity index (χ1n) is 42.1. The number of nitrogens with one attached hydrogen (secondary N) is 1. The Bertz CT molecular complexity index is 2340. The average Bonchev–Trinajstić information content (AvgIpc) is 0.779. The van der Waals surface area contributed by atoms with Crippen LogP contribution in [0.25, 0.3) is 0 Å². The van der Waals surface area contributed by atoms with Gasteiger partial charge in [-0.15, -0.1) is 0 Å². The molecule has 3 fully saturated rings. The van der Waals surface area contributed by atoms with Crippen molar-refractivity contribution in [1.29, 1.82) is 0 Å². The van der Waals surface area contributed by atoms with Gasteiger partial charge in [-0.2, -0.15) is 0 Å². The van der Waals surface area contributed by atoms with Crippen molar-refractivity contribution >= 4 is 5.91 Å². The van der Waals surface area contributed by atoms with Crippen LogP contribution < -0.4 is 5.32 Å². The topological polar surface area (TPSA) is 307 Å². The Morgan fingerprint density at radius 3 is 1.06 bits per heavy atom. The van der Waals surface area contributed by atoms with Gasteiger partial charge in [-0.25, -0.2) is 0 Å². The normalized spacial score (nSPS) is 26.2. The summed E-state index contributed by atoms with van der Waals surface area (Å²) in [5.41, 5.74) is 0. The first-order chi connectivity index (χ1) is 51.8. The van der Waals surface area contributed by atoms with E-state index < -0.39 is 124 Å². The summed E-state index contributed by atoms with van der Waals surface area (Å²) >= 11 is 0. The molecule has 3 heterocycles. The van der Waals surface area contributed by atoms with E-state index in [1.165, 1.54) is 173 Å². The minimum Gasteiger partial charge on any atom is -0.394 e. The van der Waals surface area contributed by atoms with Gasteiger partial charge in [0.25, 0.3) is 0 Å². The third kappa shape index (κ3) is 45.1. The fourth-order valence-corrected chi connectivity index (χ4v) is 13.6. The van der Waals surface area contributed by atoms with Gasteiger partial charge in [-0.3, -0.25) is 4.79 Å². The largest absolute Gasteiger partial charge is 0.394 e. The summed E-state index contributed by atoms with van der Waals surface area (Å²) in [6, 6.07) is -0.999. The molecule has 17 unspecified atom stereocenters. The highest BCUT2D eigenvalue weighted by atomic mass is 16.8. The van der Waals surface area contributed by atoms with E-state index in [9.17, 15) is 61.0 Å². The molecule has 0 saturated carbocycles.